The van der Waals surface area contributed by atoms with Crippen molar-refractivity contribution >= 4 is 33.4 Å². The fraction of sp³-hybridized carbons (Fsp3) is 0.310. The molecule has 0 aliphatic carbocycles. The van der Waals surface area contributed by atoms with E-state index in [2.05, 4.69) is 34.8 Å². The van der Waals surface area contributed by atoms with Gasteiger partial charge in [-0.1, -0.05) is 36.4 Å². The summed E-state index contributed by atoms with van der Waals surface area (Å²) in [7, 11) is -2.45. The maximum Gasteiger partial charge on any atom is 0.342 e. The van der Waals surface area contributed by atoms with Gasteiger partial charge in [-0.25, -0.2) is 8.78 Å². The number of benzene rings is 3. The van der Waals surface area contributed by atoms with Crippen molar-refractivity contribution in [3.05, 3.63) is 95.2 Å². The van der Waals surface area contributed by atoms with Crippen LogP contribution in [0.5, 0.6) is 5.75 Å². The monoisotopic (exact) mass is 560 g/mol. The third-order valence-electron chi connectivity index (χ3n) is 7.20. The molecule has 0 radical (unpaired) electrons. The molecule has 3 aromatic carbocycles. The molecule has 9 heteroatoms. The second kappa shape index (κ2) is 11.4. The Hall–Kier alpha value is -2.94. The van der Waals surface area contributed by atoms with Crippen LogP contribution in [0.2, 0.25) is 0 Å². The first kappa shape index (κ1) is 28.1. The summed E-state index contributed by atoms with van der Waals surface area (Å²) in [5.74, 6) is -2.26. The first-order valence-electron chi connectivity index (χ1n) is 12.5. The Kier molecular flexibility index (Phi) is 8.45. The summed E-state index contributed by atoms with van der Waals surface area (Å²) in [6, 6.07) is 16.7. The molecule has 0 unspecified atom stereocenters. The highest BCUT2D eigenvalue weighted by molar-refractivity contribution is 7.87. The van der Waals surface area contributed by atoms with Gasteiger partial charge in [0.05, 0.1) is 5.52 Å². The number of nitrogens with zero attached hydrogens (tertiary/aromatic N) is 2. The summed E-state index contributed by atoms with van der Waals surface area (Å²) in [6.45, 7) is 4.68. The van der Waals surface area contributed by atoms with Gasteiger partial charge in [-0.2, -0.15) is 8.42 Å². The highest BCUT2D eigenvalue weighted by Crippen LogP contribution is 2.38. The van der Waals surface area contributed by atoms with Crippen LogP contribution in [-0.2, 0) is 23.1 Å². The van der Waals surface area contributed by atoms with Gasteiger partial charge in [-0.05, 0) is 93.2 Å². The molecule has 2 heterocycles. The lowest BCUT2D eigenvalue weighted by molar-refractivity contribution is 0.256. The average Bonchev–Trinajstić information content (AvgIpc) is 3.24. The first-order chi connectivity index (χ1) is 17.7. The normalized spacial score (nSPS) is 14.9. The number of aromatic nitrogens is 1. The molecule has 5 nitrogen and oxygen atoms in total. The van der Waals surface area contributed by atoms with Gasteiger partial charge in [0, 0.05) is 18.1 Å². The van der Waals surface area contributed by atoms with Crippen molar-refractivity contribution in [1.82, 2.24) is 9.47 Å². The predicted molar refractivity (Wildman–Crippen MR) is 148 cm³/mol. The first-order valence-corrected chi connectivity index (χ1v) is 13.9. The second-order valence-electron chi connectivity index (χ2n) is 9.82. The van der Waals surface area contributed by atoms with E-state index in [0.29, 0.717) is 5.92 Å². The van der Waals surface area contributed by atoms with Crippen molar-refractivity contribution in [2.24, 2.45) is 0 Å². The zero-order valence-electron chi connectivity index (χ0n) is 21.4. The summed E-state index contributed by atoms with van der Waals surface area (Å²) < 4.78 is 61.3. The molecular weight excluding hydrogens is 530 g/mol. The number of hydrogen-bond donors (Lipinski definition) is 0. The van der Waals surface area contributed by atoms with Crippen LogP contribution in [0.3, 0.4) is 0 Å². The average molecular weight is 561 g/mol. The Bertz CT molecular complexity index is 1530. The molecular formula is C29H31ClF2N2O3S. The van der Waals surface area contributed by atoms with Crippen LogP contribution in [0.1, 0.15) is 35.4 Å². The number of rotatable bonds is 7. The highest BCUT2D eigenvalue weighted by atomic mass is 35.5. The molecule has 1 aromatic heterocycles. The lowest BCUT2D eigenvalue weighted by Gasteiger charge is -2.28. The third-order valence-corrected chi connectivity index (χ3v) is 8.47. The van der Waals surface area contributed by atoms with Crippen LogP contribution in [-0.4, -0.2) is 38.0 Å². The van der Waals surface area contributed by atoms with Gasteiger partial charge in [0.15, 0.2) is 11.6 Å². The van der Waals surface area contributed by atoms with E-state index in [1.54, 1.807) is 12.1 Å². The van der Waals surface area contributed by atoms with Crippen molar-refractivity contribution in [1.29, 1.82) is 0 Å². The number of likely N-dealkylation sites (tertiary alicyclic amines) is 1. The quantitative estimate of drug-likeness (QED) is 0.243. The fourth-order valence-corrected chi connectivity index (χ4v) is 6.26. The predicted octanol–water partition coefficient (Wildman–Crippen LogP) is 6.47. The molecule has 5 rings (SSSR count). The number of piperidine rings is 1. The second-order valence-corrected chi connectivity index (χ2v) is 11.3. The molecule has 4 aromatic rings. The molecule has 38 heavy (non-hydrogen) atoms. The van der Waals surface area contributed by atoms with Gasteiger partial charge in [0.2, 0.25) is 0 Å². The van der Waals surface area contributed by atoms with Crippen LogP contribution in [0, 0.1) is 18.6 Å². The number of fused-ring (bicyclic) bond motifs is 1. The van der Waals surface area contributed by atoms with E-state index in [1.807, 2.05) is 25.1 Å². The number of hydrogen-bond acceptors (Lipinski definition) is 4. The maximum absolute atomic E-state index is 14.3. The summed E-state index contributed by atoms with van der Waals surface area (Å²) in [6.07, 6.45) is 5.07. The van der Waals surface area contributed by atoms with Gasteiger partial charge in [-0.15, -0.1) is 12.4 Å². The van der Waals surface area contributed by atoms with E-state index in [4.69, 9.17) is 4.18 Å². The summed E-state index contributed by atoms with van der Waals surface area (Å²) in [5, 5.41) is 0.938. The lowest BCUT2D eigenvalue weighted by atomic mass is 9.89. The van der Waals surface area contributed by atoms with Gasteiger partial charge in [0.25, 0.3) is 0 Å². The SMILES string of the molecule is Cc1cc(OS(=O)(=O)c2cccc(F)c2F)cc2c(C3CCN(C)CC3)cn(CCc3ccccc3)c12.Cl. The van der Waals surface area contributed by atoms with Crippen molar-refractivity contribution in [2.75, 3.05) is 20.1 Å². The Labute approximate surface area is 228 Å². The third kappa shape index (κ3) is 5.72. The Morgan fingerprint density at radius 2 is 1.71 bits per heavy atom. The summed E-state index contributed by atoms with van der Waals surface area (Å²) in [5.41, 5.74) is 4.30. The minimum atomic E-state index is -4.56. The Morgan fingerprint density at radius 3 is 2.42 bits per heavy atom. The highest BCUT2D eigenvalue weighted by Gasteiger charge is 2.26. The standard InChI is InChI=1S/C29H30F2N2O3S.ClH/c1-20-17-23(36-37(34,35)27-10-6-9-26(30)28(27)31)18-24-25(22-12-14-32(2)15-13-22)19-33(29(20)24)16-11-21-7-4-3-5-8-21;/h3-10,17-19,22H,11-16H2,1-2H3;1H. The van der Waals surface area contributed by atoms with Crippen LogP contribution in [0.25, 0.3) is 10.9 Å². The molecule has 202 valence electrons. The van der Waals surface area contributed by atoms with Crippen molar-refractivity contribution < 1.29 is 21.4 Å². The summed E-state index contributed by atoms with van der Waals surface area (Å²) >= 11 is 0. The van der Waals surface area contributed by atoms with Crippen molar-refractivity contribution in [3.8, 4) is 5.75 Å². The van der Waals surface area contributed by atoms with E-state index in [1.165, 1.54) is 11.1 Å². The van der Waals surface area contributed by atoms with Gasteiger partial charge >= 0.3 is 10.1 Å². The number of aryl methyl sites for hydroxylation is 3. The molecule has 1 aliphatic heterocycles. The Balaban J connectivity index is 0.00000336. The van der Waals surface area contributed by atoms with Gasteiger partial charge < -0.3 is 13.7 Å². The zero-order chi connectivity index (χ0) is 26.2. The molecule has 0 atom stereocenters. The molecule has 0 spiro atoms. The van der Waals surface area contributed by atoms with Crippen LogP contribution in [0.15, 0.2) is 71.8 Å². The van der Waals surface area contributed by atoms with Crippen LogP contribution >= 0.6 is 12.4 Å². The molecule has 0 saturated carbocycles. The van der Waals surface area contributed by atoms with Crippen molar-refractivity contribution in [3.63, 3.8) is 0 Å². The van der Waals surface area contributed by atoms with E-state index in [0.717, 1.165) is 73.6 Å². The molecule has 1 fully saturated rings. The minimum absolute atomic E-state index is 0. The number of halogens is 3. The maximum atomic E-state index is 14.3. The summed E-state index contributed by atoms with van der Waals surface area (Å²) in [4.78, 5) is 1.49. The zero-order valence-corrected chi connectivity index (χ0v) is 23.0. The largest absolute Gasteiger partial charge is 0.379 e. The topological polar surface area (TPSA) is 51.5 Å². The minimum Gasteiger partial charge on any atom is -0.379 e. The fourth-order valence-electron chi connectivity index (χ4n) is 5.26. The smallest absolute Gasteiger partial charge is 0.342 e. The van der Waals surface area contributed by atoms with Gasteiger partial charge in [-0.3, -0.25) is 0 Å². The van der Waals surface area contributed by atoms with E-state index < -0.39 is 26.6 Å². The van der Waals surface area contributed by atoms with Crippen molar-refractivity contribution in [2.45, 2.75) is 43.5 Å². The molecule has 1 saturated heterocycles. The van der Waals surface area contributed by atoms with E-state index in [-0.39, 0.29) is 18.2 Å². The van der Waals surface area contributed by atoms with Crippen LogP contribution < -0.4 is 4.18 Å². The molecule has 0 amide bonds. The lowest BCUT2D eigenvalue weighted by Crippen LogP contribution is -2.29. The van der Waals surface area contributed by atoms with E-state index in [9.17, 15) is 17.2 Å². The molecule has 1 aliphatic rings. The molecule has 0 N–H and O–H groups in total. The Morgan fingerprint density at radius 1 is 1.00 bits per heavy atom. The molecule has 0 bridgehead atoms. The van der Waals surface area contributed by atoms with Crippen LogP contribution in [0.4, 0.5) is 8.78 Å². The van der Waals surface area contributed by atoms with Gasteiger partial charge in [0.1, 0.15) is 10.6 Å². The van der Waals surface area contributed by atoms with E-state index >= 15 is 0 Å².